The van der Waals surface area contributed by atoms with Crippen molar-refractivity contribution in [2.24, 2.45) is 28.9 Å². The van der Waals surface area contributed by atoms with Gasteiger partial charge in [0.25, 0.3) is 5.97 Å². The first-order valence-electron chi connectivity index (χ1n) is 38.9. The maximum atomic E-state index is 13.6. The number of nitrogens with two attached hydrogens (primary N) is 4. The zero-order valence-electron chi connectivity index (χ0n) is 65.0. The third-order valence-corrected chi connectivity index (χ3v) is 21.6. The van der Waals surface area contributed by atoms with E-state index < -0.39 is 283 Å². The van der Waals surface area contributed by atoms with Gasteiger partial charge in [0.2, 0.25) is 0 Å². The molecule has 28 N–H and O–H groups in total. The summed E-state index contributed by atoms with van der Waals surface area (Å²) in [6.07, 6.45) is -45.9. The lowest BCUT2D eigenvalue weighted by atomic mass is 9.83. The second-order valence-electron chi connectivity index (χ2n) is 30.0. The lowest BCUT2D eigenvalue weighted by Gasteiger charge is -2.48. The summed E-state index contributed by atoms with van der Waals surface area (Å²) < 4.78 is 88.0. The van der Waals surface area contributed by atoms with Gasteiger partial charge in [0.15, 0.2) is 37.7 Å². The number of carbonyl (C=O) groups is 4. The minimum atomic E-state index is -1.87. The highest BCUT2D eigenvalue weighted by atomic mass is 16.8. The van der Waals surface area contributed by atoms with Crippen molar-refractivity contribution in [1.29, 1.82) is 0 Å². The maximum absolute atomic E-state index is 13.6. The molecule has 6 saturated heterocycles. The number of aliphatic hydroxyl groups excluding tert-OH is 16. The Hall–Kier alpha value is -6.34. The molecule has 3 amide bonds. The van der Waals surface area contributed by atoms with Crippen LogP contribution in [0, 0.1) is 5.92 Å². The quantitative estimate of drug-likeness (QED) is 0.0315. The first kappa shape index (κ1) is 95.5. The van der Waals surface area contributed by atoms with Gasteiger partial charge in [-0.1, -0.05) is 112 Å². The third kappa shape index (κ3) is 23.9. The standard InChI is InChI=1S/C49H65N3O20.C24H46N4O14.C2H4O2/c1-3-31-37(57)39(59)34(52-49(63)66-24-28-17-11-6-12-18-28)45(67-31)71-42-33(21-54)69-46(40(42)60)72-43-36(56)29(50-47(61)64-22-26-13-7-4-8-14-26)19-30(51-48(62)65-23-27-15-9-5-10-16-27)41(43)70-44-25(2)35(55)38(58)32(20-53)68-44;1-2-8-14(32)16(34)11(27)22(37-8)41-20-10(5-30)39-24(18(20)36)42-21-13(31)6(25)3-7(26)19(21)40-23-12(28)17(35)15(33)9(4-29)38-23;1-2(3)4/h4-18,25,29-46,53-60H,3,19-24H2,1-2H3,(H,50,61)(H,51,62)(H,52,63);6-24,29-36H,2-5,25-28H2,1H3;1H3,(H,3,4). The largest absolute Gasteiger partial charge is 0.481 e. The number of aliphatic hydroxyl groups is 16. The lowest BCUT2D eigenvalue weighted by molar-refractivity contribution is -0.322. The molecule has 11 rings (SSSR count). The smallest absolute Gasteiger partial charge is 0.407 e. The van der Waals surface area contributed by atoms with Gasteiger partial charge in [0.05, 0.1) is 75.0 Å². The number of carboxylic acids is 1. The normalized spacial score (nSPS) is 41.1. The van der Waals surface area contributed by atoms with Crippen molar-refractivity contribution in [2.75, 3.05) is 26.4 Å². The summed E-state index contributed by atoms with van der Waals surface area (Å²) in [6, 6.07) is 18.0. The number of amides is 3. The maximum Gasteiger partial charge on any atom is 0.407 e. The highest BCUT2D eigenvalue weighted by Gasteiger charge is 2.59. The van der Waals surface area contributed by atoms with E-state index in [2.05, 4.69) is 16.0 Å². The minimum Gasteiger partial charge on any atom is -0.481 e. The fraction of sp³-hybridized carbons (Fsp3) is 0.707. The predicted octanol–water partition coefficient (Wildman–Crippen LogP) is -7.52. The minimum absolute atomic E-state index is 0.0744. The second kappa shape index (κ2) is 44.6. The number of carbonyl (C=O) groups excluding carboxylic acids is 3. The number of rotatable bonds is 27. The third-order valence-electron chi connectivity index (χ3n) is 21.6. The molecule has 43 nitrogen and oxygen atoms in total. The van der Waals surface area contributed by atoms with E-state index in [9.17, 15) is 96.1 Å². The van der Waals surface area contributed by atoms with Gasteiger partial charge in [0.1, 0.15) is 148 Å². The molecule has 0 aromatic heterocycles. The first-order chi connectivity index (χ1) is 56.3. The molecule has 6 aliphatic heterocycles. The molecule has 38 atom stereocenters. The molecular formula is C75H115N7O36. The molecule has 43 heteroatoms. The van der Waals surface area contributed by atoms with Crippen LogP contribution in [-0.4, -0.2) is 364 Å². The number of aliphatic carboxylic acids is 1. The fourth-order valence-electron chi connectivity index (χ4n) is 14.9. The van der Waals surface area contributed by atoms with Crippen LogP contribution < -0.4 is 38.9 Å². The predicted molar refractivity (Wildman–Crippen MR) is 396 cm³/mol. The number of hydrogen-bond donors (Lipinski definition) is 24. The van der Waals surface area contributed by atoms with Gasteiger partial charge < -0.3 is 197 Å². The first-order valence-corrected chi connectivity index (χ1v) is 38.9. The van der Waals surface area contributed by atoms with Gasteiger partial charge in [-0.05, 0) is 42.4 Å². The van der Waals surface area contributed by atoms with Crippen LogP contribution in [-0.2, 0) is 95.7 Å². The van der Waals surface area contributed by atoms with Crippen molar-refractivity contribution in [3.8, 4) is 0 Å². The monoisotopic (exact) mass is 1690 g/mol. The van der Waals surface area contributed by atoms with E-state index in [4.69, 9.17) is 104 Å². The Kier molecular flexibility index (Phi) is 36.1. The van der Waals surface area contributed by atoms with Crippen LogP contribution in [0.15, 0.2) is 91.0 Å². The van der Waals surface area contributed by atoms with Crippen molar-refractivity contribution in [1.82, 2.24) is 16.0 Å². The Labute approximate surface area is 677 Å². The fourth-order valence-corrected chi connectivity index (χ4v) is 14.9. The van der Waals surface area contributed by atoms with Crippen LogP contribution in [0.4, 0.5) is 14.4 Å². The van der Waals surface area contributed by atoms with Gasteiger partial charge in [0, 0.05) is 24.9 Å². The van der Waals surface area contributed by atoms with Crippen LogP contribution in [0.3, 0.4) is 0 Å². The summed E-state index contributed by atoms with van der Waals surface area (Å²) in [5.74, 6) is -1.84. The molecule has 6 heterocycles. The summed E-state index contributed by atoms with van der Waals surface area (Å²) in [5, 5.41) is 187. The van der Waals surface area contributed by atoms with Crippen LogP contribution in [0.5, 0.6) is 0 Å². The average Bonchev–Trinajstić information content (AvgIpc) is 1.46. The molecule has 2 saturated carbocycles. The molecule has 666 valence electrons. The second-order valence-corrected chi connectivity index (χ2v) is 30.0. The van der Waals surface area contributed by atoms with E-state index >= 15 is 0 Å². The van der Waals surface area contributed by atoms with Crippen molar-refractivity contribution in [3.05, 3.63) is 108 Å². The SMILES string of the molecule is CC(=O)O.CCC1OC(OC2C(CO)OC(OC3C(O)C(N)CC(N)C3OC3OC(CO)C(O)C(O)C3N)C2O)C(N)C(O)C1O.CCC1OC(OC2C(CO)OC(OC3C(O)C(NC(=O)OCc4ccccc4)CC(NC(=O)OCc4ccccc4)C3OC3OC(CO)C(O)C(O)C3C)C2O)C(NC(=O)OCc2ccccc2)C(O)C1O. The van der Waals surface area contributed by atoms with Gasteiger partial charge in [-0.2, -0.15) is 0 Å². The summed E-state index contributed by atoms with van der Waals surface area (Å²) in [7, 11) is 0. The van der Waals surface area contributed by atoms with E-state index in [-0.39, 0.29) is 39.1 Å². The van der Waals surface area contributed by atoms with Crippen LogP contribution >= 0.6 is 0 Å². The number of benzene rings is 3. The number of nitrogens with one attached hydrogen (secondary N) is 3. The van der Waals surface area contributed by atoms with Gasteiger partial charge in [-0.25, -0.2) is 14.4 Å². The number of hydrogen-bond acceptors (Lipinski definition) is 39. The van der Waals surface area contributed by atoms with Crippen molar-refractivity contribution in [3.63, 3.8) is 0 Å². The molecule has 2 aliphatic carbocycles. The van der Waals surface area contributed by atoms with Crippen LogP contribution in [0.1, 0.15) is 70.1 Å². The molecule has 3 aromatic rings. The topological polar surface area (TPSA) is 691 Å². The number of ether oxygens (including phenoxy) is 15. The Morgan fingerprint density at radius 3 is 1.14 bits per heavy atom. The van der Waals surface area contributed by atoms with Crippen LogP contribution in [0.2, 0.25) is 0 Å². The van der Waals surface area contributed by atoms with E-state index in [1.54, 1.807) is 105 Å². The number of carboxylic acid groups (broad SMARTS) is 1. The van der Waals surface area contributed by atoms with E-state index in [1.807, 2.05) is 0 Å². The summed E-state index contributed by atoms with van der Waals surface area (Å²) >= 11 is 0. The zero-order valence-corrected chi connectivity index (χ0v) is 65.0. The summed E-state index contributed by atoms with van der Waals surface area (Å²) in [4.78, 5) is 49.1. The zero-order chi connectivity index (χ0) is 86.1. The number of alkyl carbamates (subject to hydrolysis) is 3. The molecule has 0 bridgehead atoms. The van der Waals surface area contributed by atoms with Crippen molar-refractivity contribution in [2.45, 2.75) is 300 Å². The molecule has 3 aromatic carbocycles. The van der Waals surface area contributed by atoms with E-state index in [1.165, 1.54) is 6.92 Å². The van der Waals surface area contributed by atoms with Crippen molar-refractivity contribution >= 4 is 24.2 Å². The summed E-state index contributed by atoms with van der Waals surface area (Å²) in [5.41, 5.74) is 26.3. The molecule has 0 radical (unpaired) electrons. The molecule has 8 aliphatic rings. The molecule has 38 unspecified atom stereocenters. The molecule has 0 spiro atoms. The molecule has 118 heavy (non-hydrogen) atoms. The van der Waals surface area contributed by atoms with Gasteiger partial charge in [-0.15, -0.1) is 0 Å². The average molecular weight is 1690 g/mol. The molecular weight excluding hydrogens is 1570 g/mol. The summed E-state index contributed by atoms with van der Waals surface area (Å²) in [6.45, 7) is 2.67. The van der Waals surface area contributed by atoms with Crippen molar-refractivity contribution < 1.29 is 177 Å². The Morgan fingerprint density at radius 2 is 0.703 bits per heavy atom. The molecule has 8 fully saturated rings. The van der Waals surface area contributed by atoms with E-state index in [0.29, 0.717) is 23.1 Å². The Morgan fingerprint density at radius 1 is 0.364 bits per heavy atom. The van der Waals surface area contributed by atoms with Crippen LogP contribution in [0.25, 0.3) is 0 Å². The highest BCUT2D eigenvalue weighted by molar-refractivity contribution is 5.69. The lowest BCUT2D eigenvalue weighted by Crippen LogP contribution is -2.68. The van der Waals surface area contributed by atoms with E-state index in [0.717, 1.165) is 6.92 Å². The highest BCUT2D eigenvalue weighted by Crippen LogP contribution is 2.40. The van der Waals surface area contributed by atoms with Gasteiger partial charge in [-0.3, -0.25) is 4.79 Å². The van der Waals surface area contributed by atoms with Gasteiger partial charge >= 0.3 is 18.3 Å². The Bertz CT molecular complexity index is 3510. The Balaban J connectivity index is 0.000000292.